The number of hydrogen-bond donors (Lipinski definition) is 1. The SMILES string of the molecule is Cc1cn(-c2cc(N3CC(C(=O)O)C3)cc(C(C)(C)C)c2)c2ccc(C(F)(F)F)cc12. The summed E-state index contributed by atoms with van der Waals surface area (Å²) in [5, 5.41) is 9.77. The summed E-state index contributed by atoms with van der Waals surface area (Å²) >= 11 is 0. The van der Waals surface area contributed by atoms with Crippen LogP contribution >= 0.6 is 0 Å². The Morgan fingerprint density at radius 1 is 1.00 bits per heavy atom. The minimum Gasteiger partial charge on any atom is -0.481 e. The molecule has 4 nitrogen and oxygen atoms in total. The van der Waals surface area contributed by atoms with E-state index in [1.165, 1.54) is 12.1 Å². The number of aryl methyl sites for hydroxylation is 1. The van der Waals surface area contributed by atoms with Crippen LogP contribution in [0.15, 0.2) is 42.6 Å². The molecule has 0 spiro atoms. The molecule has 2 aromatic carbocycles. The van der Waals surface area contributed by atoms with Crippen molar-refractivity contribution < 1.29 is 23.1 Å². The zero-order valence-corrected chi connectivity index (χ0v) is 17.9. The minimum absolute atomic E-state index is 0.150. The van der Waals surface area contributed by atoms with E-state index in [0.717, 1.165) is 28.6 Å². The van der Waals surface area contributed by atoms with Crippen molar-refractivity contribution in [2.75, 3.05) is 18.0 Å². The van der Waals surface area contributed by atoms with Gasteiger partial charge in [0.05, 0.1) is 17.0 Å². The molecule has 1 N–H and O–H groups in total. The van der Waals surface area contributed by atoms with E-state index in [4.69, 9.17) is 0 Å². The zero-order valence-electron chi connectivity index (χ0n) is 17.9. The van der Waals surface area contributed by atoms with E-state index in [2.05, 4.69) is 32.9 Å². The third-order valence-corrected chi connectivity index (χ3v) is 5.97. The molecule has 2 heterocycles. The summed E-state index contributed by atoms with van der Waals surface area (Å²) in [6.07, 6.45) is -2.53. The molecule has 0 unspecified atom stereocenters. The molecule has 1 saturated heterocycles. The number of aliphatic carboxylic acids is 1. The van der Waals surface area contributed by atoms with Gasteiger partial charge >= 0.3 is 12.1 Å². The highest BCUT2D eigenvalue weighted by molar-refractivity contribution is 5.86. The Labute approximate surface area is 178 Å². The maximum atomic E-state index is 13.2. The Bertz CT molecular complexity index is 1170. The molecular weight excluding hydrogens is 405 g/mol. The van der Waals surface area contributed by atoms with Gasteiger partial charge in [0, 0.05) is 36.0 Å². The van der Waals surface area contributed by atoms with Crippen molar-refractivity contribution in [2.45, 2.75) is 39.3 Å². The second-order valence-corrected chi connectivity index (χ2v) is 9.34. The second-order valence-electron chi connectivity index (χ2n) is 9.34. The smallest absolute Gasteiger partial charge is 0.416 e. The summed E-state index contributed by atoms with van der Waals surface area (Å²) in [7, 11) is 0. The van der Waals surface area contributed by atoms with Gasteiger partial charge in [-0.2, -0.15) is 13.2 Å². The van der Waals surface area contributed by atoms with Gasteiger partial charge in [-0.05, 0) is 59.9 Å². The van der Waals surface area contributed by atoms with Crippen LogP contribution in [-0.2, 0) is 16.4 Å². The average molecular weight is 430 g/mol. The van der Waals surface area contributed by atoms with Crippen molar-refractivity contribution in [3.05, 3.63) is 59.3 Å². The molecule has 0 bridgehead atoms. The summed E-state index contributed by atoms with van der Waals surface area (Å²) in [5.41, 5.74) is 3.50. The van der Waals surface area contributed by atoms with Crippen molar-refractivity contribution >= 4 is 22.6 Å². The van der Waals surface area contributed by atoms with Gasteiger partial charge in [0.2, 0.25) is 0 Å². The Morgan fingerprint density at radius 2 is 1.65 bits per heavy atom. The summed E-state index contributed by atoms with van der Waals surface area (Å²) in [4.78, 5) is 13.2. The van der Waals surface area contributed by atoms with Crippen molar-refractivity contribution in [1.82, 2.24) is 4.57 Å². The summed E-state index contributed by atoms with van der Waals surface area (Å²) in [6, 6.07) is 9.92. The lowest BCUT2D eigenvalue weighted by Crippen LogP contribution is -2.50. The highest BCUT2D eigenvalue weighted by Gasteiger charge is 2.34. The Morgan fingerprint density at radius 3 is 2.23 bits per heavy atom. The first kappa shape index (κ1) is 21.3. The van der Waals surface area contributed by atoms with Crippen LogP contribution in [0.3, 0.4) is 0 Å². The predicted octanol–water partition coefficient (Wildman–Crippen LogP) is 5.78. The maximum absolute atomic E-state index is 13.2. The van der Waals surface area contributed by atoms with Gasteiger partial charge in [-0.3, -0.25) is 4.79 Å². The van der Waals surface area contributed by atoms with Gasteiger partial charge < -0.3 is 14.6 Å². The first-order valence-corrected chi connectivity index (χ1v) is 10.2. The van der Waals surface area contributed by atoms with E-state index in [1.54, 1.807) is 6.92 Å². The van der Waals surface area contributed by atoms with E-state index >= 15 is 0 Å². The lowest BCUT2D eigenvalue weighted by atomic mass is 9.86. The molecule has 1 aliphatic heterocycles. The Kier molecular flexibility index (Phi) is 4.83. The largest absolute Gasteiger partial charge is 0.481 e. The van der Waals surface area contributed by atoms with Crippen LogP contribution in [0.5, 0.6) is 0 Å². The molecular formula is C24H25F3N2O2. The zero-order chi connectivity index (χ0) is 22.7. The molecule has 0 amide bonds. The van der Waals surface area contributed by atoms with E-state index in [0.29, 0.717) is 24.0 Å². The fourth-order valence-electron chi connectivity index (χ4n) is 3.98. The van der Waals surface area contributed by atoms with Crippen LogP contribution in [0.2, 0.25) is 0 Å². The van der Waals surface area contributed by atoms with Crippen LogP contribution in [0.1, 0.15) is 37.5 Å². The van der Waals surface area contributed by atoms with Crippen LogP contribution in [0.25, 0.3) is 16.6 Å². The summed E-state index contributed by atoms with van der Waals surface area (Å²) in [6.45, 7) is 8.99. The molecule has 0 saturated carbocycles. The molecule has 0 atom stereocenters. The molecule has 1 aromatic heterocycles. The quantitative estimate of drug-likeness (QED) is 0.573. The molecule has 1 fully saturated rings. The number of benzene rings is 2. The minimum atomic E-state index is -4.39. The molecule has 7 heteroatoms. The van der Waals surface area contributed by atoms with E-state index in [1.807, 2.05) is 21.7 Å². The normalized spacial score (nSPS) is 15.4. The third kappa shape index (κ3) is 3.89. The molecule has 1 aliphatic rings. The molecule has 164 valence electrons. The topological polar surface area (TPSA) is 45.5 Å². The number of alkyl halides is 3. The second kappa shape index (κ2) is 7.04. The van der Waals surface area contributed by atoms with Crippen LogP contribution in [-0.4, -0.2) is 28.7 Å². The fraction of sp³-hybridized carbons (Fsp3) is 0.375. The molecule has 0 radical (unpaired) electrons. The summed E-state index contributed by atoms with van der Waals surface area (Å²) < 4.78 is 41.5. The van der Waals surface area contributed by atoms with Crippen LogP contribution < -0.4 is 4.90 Å². The number of fused-ring (bicyclic) bond motifs is 1. The maximum Gasteiger partial charge on any atom is 0.416 e. The van der Waals surface area contributed by atoms with Gasteiger partial charge in [-0.25, -0.2) is 0 Å². The van der Waals surface area contributed by atoms with E-state index < -0.39 is 17.7 Å². The van der Waals surface area contributed by atoms with Gasteiger partial charge in [-0.1, -0.05) is 20.8 Å². The average Bonchev–Trinajstić information content (AvgIpc) is 2.95. The molecule has 31 heavy (non-hydrogen) atoms. The van der Waals surface area contributed by atoms with Crippen LogP contribution in [0, 0.1) is 12.8 Å². The van der Waals surface area contributed by atoms with E-state index in [9.17, 15) is 23.1 Å². The Hall–Kier alpha value is -2.96. The number of carbonyl (C=O) groups is 1. The lowest BCUT2D eigenvalue weighted by Gasteiger charge is -2.39. The van der Waals surface area contributed by atoms with Crippen LogP contribution in [0.4, 0.5) is 18.9 Å². The lowest BCUT2D eigenvalue weighted by molar-refractivity contribution is -0.142. The molecule has 3 aromatic rings. The number of hydrogen-bond acceptors (Lipinski definition) is 2. The van der Waals surface area contributed by atoms with E-state index in [-0.39, 0.29) is 11.3 Å². The highest BCUT2D eigenvalue weighted by atomic mass is 19.4. The van der Waals surface area contributed by atoms with Crippen molar-refractivity contribution in [1.29, 1.82) is 0 Å². The fourth-order valence-corrected chi connectivity index (χ4v) is 3.98. The number of halogens is 3. The predicted molar refractivity (Wildman–Crippen MR) is 115 cm³/mol. The number of carboxylic acid groups (broad SMARTS) is 1. The van der Waals surface area contributed by atoms with Gasteiger partial charge in [0.25, 0.3) is 0 Å². The monoisotopic (exact) mass is 430 g/mol. The number of anilines is 1. The number of rotatable bonds is 3. The third-order valence-electron chi connectivity index (χ3n) is 5.97. The Balaban J connectivity index is 1.83. The number of aromatic nitrogens is 1. The highest BCUT2D eigenvalue weighted by Crippen LogP contribution is 2.36. The van der Waals surface area contributed by atoms with Crippen molar-refractivity contribution in [3.8, 4) is 5.69 Å². The van der Waals surface area contributed by atoms with Crippen molar-refractivity contribution in [2.24, 2.45) is 5.92 Å². The number of nitrogens with zero attached hydrogens (tertiary/aromatic N) is 2. The van der Waals surface area contributed by atoms with Gasteiger partial charge in [0.15, 0.2) is 0 Å². The summed E-state index contributed by atoms with van der Waals surface area (Å²) in [5.74, 6) is -1.17. The first-order chi connectivity index (χ1) is 14.3. The van der Waals surface area contributed by atoms with Crippen molar-refractivity contribution in [3.63, 3.8) is 0 Å². The molecule has 0 aliphatic carbocycles. The first-order valence-electron chi connectivity index (χ1n) is 10.2. The standard InChI is InChI=1S/C24H25F3N2O2/c1-14-11-29(21-6-5-16(9-20(14)21)24(25,26)27)19-8-17(23(2,3)4)7-18(10-19)28-12-15(13-28)22(30)31/h5-11,15H,12-13H2,1-4H3,(H,30,31). The van der Waals surface area contributed by atoms with Gasteiger partial charge in [0.1, 0.15) is 0 Å². The van der Waals surface area contributed by atoms with Gasteiger partial charge in [-0.15, -0.1) is 0 Å². The molecule has 4 rings (SSSR count). The number of carboxylic acids is 1.